The monoisotopic (exact) mass is 608 g/mol. The predicted octanol–water partition coefficient (Wildman–Crippen LogP) is 4.68. The van der Waals surface area contributed by atoms with Gasteiger partial charge in [0.1, 0.15) is 0 Å². The molecule has 9 nitrogen and oxygen atoms in total. The Hall–Kier alpha value is -2.85. The number of rotatable bonds is 10. The number of hydrogen-bond acceptors (Lipinski definition) is 7. The fourth-order valence-electron chi connectivity index (χ4n) is 7.09. The summed E-state index contributed by atoms with van der Waals surface area (Å²) in [7, 11) is 0. The summed E-state index contributed by atoms with van der Waals surface area (Å²) in [5.74, 6) is -0.300. The first-order chi connectivity index (χ1) is 20.9. The summed E-state index contributed by atoms with van der Waals surface area (Å²) in [5, 5.41) is 10.4. The Morgan fingerprint density at radius 3 is 2.44 bits per heavy atom. The highest BCUT2D eigenvalue weighted by molar-refractivity contribution is 7.13. The number of amides is 3. The standard InChI is InChI=1S/C33H48N6O3S/c1-22-17-25(13-15-34-22)20-35-30(40)27-21-39(16-14-28(27)38-31(41)32-36-19-23(2)43-32)33(42)29(18-24-9-5-3-6-10-24)37-26-11-7-4-8-12-26/h13,15,17,19,24,26-29,37H,3-12,14,16,18,20-21H2,1-2H3,(H,35,40)(H,38,41)/t27-,28+,29+/m0/s1. The highest BCUT2D eigenvalue weighted by atomic mass is 32.1. The molecule has 3 fully saturated rings. The van der Waals surface area contributed by atoms with Crippen LogP contribution in [0.4, 0.5) is 0 Å². The molecule has 0 unspecified atom stereocenters. The molecule has 1 aliphatic heterocycles. The van der Waals surface area contributed by atoms with Gasteiger partial charge in [0.25, 0.3) is 5.91 Å². The fourth-order valence-corrected chi connectivity index (χ4v) is 7.75. The van der Waals surface area contributed by atoms with Crippen LogP contribution in [0.15, 0.2) is 24.5 Å². The minimum atomic E-state index is -0.560. The lowest BCUT2D eigenvalue weighted by atomic mass is 9.83. The molecule has 3 amide bonds. The van der Waals surface area contributed by atoms with E-state index in [-0.39, 0.29) is 36.3 Å². The summed E-state index contributed by atoms with van der Waals surface area (Å²) >= 11 is 1.34. The van der Waals surface area contributed by atoms with Crippen LogP contribution in [0, 0.1) is 25.7 Å². The summed E-state index contributed by atoms with van der Waals surface area (Å²) in [6.45, 7) is 5.01. The molecule has 3 aliphatic rings. The minimum absolute atomic E-state index is 0.110. The van der Waals surface area contributed by atoms with Crippen molar-refractivity contribution in [3.63, 3.8) is 0 Å². The van der Waals surface area contributed by atoms with Crippen LogP contribution in [0.3, 0.4) is 0 Å². The van der Waals surface area contributed by atoms with E-state index < -0.39 is 5.92 Å². The van der Waals surface area contributed by atoms with Gasteiger partial charge >= 0.3 is 0 Å². The number of carbonyl (C=O) groups excluding carboxylic acids is 3. The maximum atomic E-state index is 14.2. The van der Waals surface area contributed by atoms with E-state index in [2.05, 4.69) is 25.9 Å². The number of hydrogen-bond donors (Lipinski definition) is 3. The number of aryl methyl sites for hydroxylation is 2. The Balaban J connectivity index is 1.30. The van der Waals surface area contributed by atoms with Crippen molar-refractivity contribution in [2.24, 2.45) is 11.8 Å². The number of nitrogens with zero attached hydrogens (tertiary/aromatic N) is 3. The van der Waals surface area contributed by atoms with Gasteiger partial charge < -0.3 is 20.9 Å². The van der Waals surface area contributed by atoms with Crippen molar-refractivity contribution >= 4 is 29.1 Å². The first-order valence-electron chi connectivity index (χ1n) is 16.3. The first-order valence-corrected chi connectivity index (χ1v) is 17.1. The zero-order chi connectivity index (χ0) is 30.2. The lowest BCUT2D eigenvalue weighted by Crippen LogP contribution is -2.60. The molecule has 2 aliphatic carbocycles. The van der Waals surface area contributed by atoms with E-state index in [9.17, 15) is 14.4 Å². The summed E-state index contributed by atoms with van der Waals surface area (Å²) in [4.78, 5) is 52.3. The van der Waals surface area contributed by atoms with Gasteiger partial charge in [-0.3, -0.25) is 19.4 Å². The van der Waals surface area contributed by atoms with Gasteiger partial charge in [0, 0.05) is 54.7 Å². The summed E-state index contributed by atoms with van der Waals surface area (Å²) in [5.41, 5.74) is 1.85. The number of pyridine rings is 1. The van der Waals surface area contributed by atoms with Gasteiger partial charge in [-0.15, -0.1) is 11.3 Å². The van der Waals surface area contributed by atoms with Crippen LogP contribution < -0.4 is 16.0 Å². The third kappa shape index (κ3) is 8.85. The first kappa shape index (κ1) is 31.6. The van der Waals surface area contributed by atoms with Crippen molar-refractivity contribution in [1.29, 1.82) is 0 Å². The van der Waals surface area contributed by atoms with Crippen molar-refractivity contribution in [2.45, 2.75) is 116 Å². The van der Waals surface area contributed by atoms with Gasteiger partial charge in [-0.2, -0.15) is 0 Å². The molecule has 3 heterocycles. The average molecular weight is 609 g/mol. The Bertz CT molecular complexity index is 1220. The molecule has 2 aromatic heterocycles. The van der Waals surface area contributed by atoms with E-state index in [1.807, 2.05) is 30.9 Å². The smallest absolute Gasteiger partial charge is 0.280 e. The van der Waals surface area contributed by atoms with Gasteiger partial charge in [-0.1, -0.05) is 51.4 Å². The Kier molecular flexibility index (Phi) is 11.2. The van der Waals surface area contributed by atoms with Crippen molar-refractivity contribution in [1.82, 2.24) is 30.8 Å². The molecule has 3 atom stereocenters. The van der Waals surface area contributed by atoms with Gasteiger partial charge in [0.05, 0.1) is 12.0 Å². The minimum Gasteiger partial charge on any atom is -0.352 e. The largest absolute Gasteiger partial charge is 0.352 e. The van der Waals surface area contributed by atoms with E-state index >= 15 is 0 Å². The van der Waals surface area contributed by atoms with E-state index in [4.69, 9.17) is 0 Å². The molecule has 0 radical (unpaired) electrons. The second kappa shape index (κ2) is 15.2. The van der Waals surface area contributed by atoms with Crippen molar-refractivity contribution in [3.8, 4) is 0 Å². The number of piperidine rings is 1. The maximum absolute atomic E-state index is 14.2. The number of carbonyl (C=O) groups is 3. The second-order valence-electron chi connectivity index (χ2n) is 12.9. The molecule has 2 aromatic rings. The number of nitrogens with one attached hydrogen (secondary N) is 3. The van der Waals surface area contributed by atoms with Gasteiger partial charge in [0.2, 0.25) is 11.8 Å². The molecule has 0 spiro atoms. The third-order valence-corrected chi connectivity index (χ3v) is 10.4. The number of likely N-dealkylation sites (tertiary alicyclic amines) is 1. The fraction of sp³-hybridized carbons (Fsp3) is 0.667. The number of aromatic nitrogens is 2. The molecule has 1 saturated heterocycles. The van der Waals surface area contributed by atoms with E-state index in [0.717, 1.165) is 35.4 Å². The molecular weight excluding hydrogens is 560 g/mol. The molecule has 2 saturated carbocycles. The van der Waals surface area contributed by atoms with Crippen LogP contribution in [0.1, 0.15) is 103 Å². The number of thiazole rings is 1. The molecule has 0 aromatic carbocycles. The third-order valence-electron chi connectivity index (χ3n) is 9.45. The lowest BCUT2D eigenvalue weighted by Gasteiger charge is -2.40. The van der Waals surface area contributed by atoms with Gasteiger partial charge in [-0.05, 0) is 63.1 Å². The molecule has 234 valence electrons. The van der Waals surface area contributed by atoms with Crippen LogP contribution in [0.5, 0.6) is 0 Å². The van der Waals surface area contributed by atoms with Crippen LogP contribution in [-0.4, -0.2) is 63.8 Å². The summed E-state index contributed by atoms with van der Waals surface area (Å²) in [6.07, 6.45) is 16.9. The zero-order valence-electron chi connectivity index (χ0n) is 25.8. The van der Waals surface area contributed by atoms with Gasteiger partial charge in [-0.25, -0.2) is 4.98 Å². The topological polar surface area (TPSA) is 116 Å². The van der Waals surface area contributed by atoms with E-state index in [1.165, 1.54) is 62.7 Å². The van der Waals surface area contributed by atoms with Crippen molar-refractivity contribution < 1.29 is 14.4 Å². The molecule has 3 N–H and O–H groups in total. The van der Waals surface area contributed by atoms with Gasteiger partial charge in [0.15, 0.2) is 5.01 Å². The quantitative estimate of drug-likeness (QED) is 0.361. The van der Waals surface area contributed by atoms with Crippen molar-refractivity contribution in [2.75, 3.05) is 13.1 Å². The predicted molar refractivity (Wildman–Crippen MR) is 169 cm³/mol. The summed E-state index contributed by atoms with van der Waals surface area (Å²) < 4.78 is 0. The normalized spacial score (nSPS) is 22.6. The molecule has 43 heavy (non-hydrogen) atoms. The van der Waals surface area contributed by atoms with Crippen LogP contribution >= 0.6 is 11.3 Å². The van der Waals surface area contributed by atoms with E-state index in [1.54, 1.807) is 12.4 Å². The Labute approximate surface area is 260 Å². The van der Waals surface area contributed by atoms with Crippen LogP contribution in [-0.2, 0) is 16.1 Å². The van der Waals surface area contributed by atoms with E-state index in [0.29, 0.717) is 36.5 Å². The summed E-state index contributed by atoms with van der Waals surface area (Å²) in [6, 6.07) is 3.62. The maximum Gasteiger partial charge on any atom is 0.280 e. The molecule has 5 rings (SSSR count). The highest BCUT2D eigenvalue weighted by Crippen LogP contribution is 2.30. The average Bonchev–Trinajstić information content (AvgIpc) is 3.47. The highest BCUT2D eigenvalue weighted by Gasteiger charge is 2.39. The zero-order valence-corrected chi connectivity index (χ0v) is 26.6. The van der Waals surface area contributed by atoms with Crippen LogP contribution in [0.2, 0.25) is 0 Å². The molecule has 10 heteroatoms. The Morgan fingerprint density at radius 2 is 1.74 bits per heavy atom. The van der Waals surface area contributed by atoms with Crippen molar-refractivity contribution in [3.05, 3.63) is 45.7 Å². The van der Waals surface area contributed by atoms with Crippen LogP contribution in [0.25, 0.3) is 0 Å². The second-order valence-corrected chi connectivity index (χ2v) is 14.1. The Morgan fingerprint density at radius 1 is 1.00 bits per heavy atom. The molecule has 0 bridgehead atoms. The molecular formula is C33H48N6O3S. The lowest BCUT2D eigenvalue weighted by molar-refractivity contribution is -0.139. The SMILES string of the molecule is Cc1cc(CNC(=O)[C@H]2CN(C(=O)[C@@H](CC3CCCCC3)NC3CCCCC3)CC[C@H]2NC(=O)c2ncc(C)s2)ccn1.